The summed E-state index contributed by atoms with van der Waals surface area (Å²) >= 11 is 0. The zero-order valence-corrected chi connectivity index (χ0v) is 10.1. The average molecular weight is 231 g/mol. The van der Waals surface area contributed by atoms with Gasteiger partial charge in [0.05, 0.1) is 0 Å². The molecule has 3 heteroatoms. The predicted octanol–water partition coefficient (Wildman–Crippen LogP) is 2.05. The molecule has 1 aromatic rings. The Morgan fingerprint density at radius 3 is 2.82 bits per heavy atom. The Labute approximate surface area is 101 Å². The molecule has 1 fully saturated rings. The molecule has 2 aliphatic rings. The van der Waals surface area contributed by atoms with Crippen molar-refractivity contribution < 1.29 is 9.53 Å². The van der Waals surface area contributed by atoms with Gasteiger partial charge >= 0.3 is 0 Å². The van der Waals surface area contributed by atoms with Gasteiger partial charge in [-0.15, -0.1) is 0 Å². The van der Waals surface area contributed by atoms with E-state index in [1.165, 1.54) is 29.5 Å². The highest BCUT2D eigenvalue weighted by Crippen LogP contribution is 2.41. The minimum Gasteiger partial charge on any atom is -0.375 e. The second-order valence-corrected chi connectivity index (χ2v) is 4.99. The molecule has 0 atom stereocenters. The Kier molecular flexibility index (Phi) is 2.63. The Morgan fingerprint density at radius 1 is 1.35 bits per heavy atom. The summed E-state index contributed by atoms with van der Waals surface area (Å²) < 4.78 is 4.90. The van der Waals surface area contributed by atoms with E-state index in [0.717, 1.165) is 19.0 Å². The first-order chi connectivity index (χ1) is 8.28. The number of hydrogen-bond acceptors (Lipinski definition) is 2. The van der Waals surface area contributed by atoms with Gasteiger partial charge in [0.25, 0.3) is 0 Å². The molecular weight excluding hydrogens is 214 g/mol. The number of fused-ring (bicyclic) bond motifs is 1. The molecule has 1 aliphatic heterocycles. The lowest BCUT2D eigenvalue weighted by atomic mass is 10.0. The van der Waals surface area contributed by atoms with Crippen LogP contribution in [0.3, 0.4) is 0 Å². The van der Waals surface area contributed by atoms with Gasteiger partial charge in [0.2, 0.25) is 5.91 Å². The first-order valence-corrected chi connectivity index (χ1v) is 6.16. The first-order valence-electron chi connectivity index (χ1n) is 6.16. The van der Waals surface area contributed by atoms with Crippen LogP contribution in [0.1, 0.15) is 35.4 Å². The van der Waals surface area contributed by atoms with E-state index in [-0.39, 0.29) is 12.5 Å². The largest absolute Gasteiger partial charge is 0.375 e. The number of hydrogen-bond donors (Lipinski definition) is 0. The van der Waals surface area contributed by atoms with Gasteiger partial charge in [0.15, 0.2) is 0 Å². The van der Waals surface area contributed by atoms with Gasteiger partial charge in [-0.3, -0.25) is 4.79 Å². The van der Waals surface area contributed by atoms with E-state index in [1.807, 2.05) is 4.90 Å². The number of nitrogens with zero attached hydrogens (tertiary/aromatic N) is 1. The minimum atomic E-state index is 0.0803. The maximum absolute atomic E-state index is 11.7. The molecule has 0 N–H and O–H groups in total. The van der Waals surface area contributed by atoms with E-state index in [1.54, 1.807) is 7.11 Å². The van der Waals surface area contributed by atoms with Gasteiger partial charge in [-0.25, -0.2) is 0 Å². The van der Waals surface area contributed by atoms with Gasteiger partial charge in [0.1, 0.15) is 6.61 Å². The van der Waals surface area contributed by atoms with Crippen LogP contribution in [0.2, 0.25) is 0 Å². The van der Waals surface area contributed by atoms with Gasteiger partial charge in [0, 0.05) is 20.2 Å². The van der Waals surface area contributed by atoms with Crippen LogP contribution in [-0.4, -0.2) is 24.5 Å². The van der Waals surface area contributed by atoms with E-state index >= 15 is 0 Å². The fourth-order valence-corrected chi connectivity index (χ4v) is 2.48. The molecule has 0 bridgehead atoms. The molecule has 3 rings (SSSR count). The number of methoxy groups -OCH3 is 1. The van der Waals surface area contributed by atoms with Gasteiger partial charge in [-0.1, -0.05) is 18.2 Å². The van der Waals surface area contributed by atoms with Crippen LogP contribution < -0.4 is 0 Å². The fourth-order valence-electron chi connectivity index (χ4n) is 2.48. The third kappa shape index (κ3) is 2.07. The van der Waals surface area contributed by atoms with Crippen molar-refractivity contribution in [1.82, 2.24) is 4.90 Å². The zero-order chi connectivity index (χ0) is 11.8. The lowest BCUT2D eigenvalue weighted by Gasteiger charge is -2.14. The van der Waals surface area contributed by atoms with Crippen molar-refractivity contribution in [2.45, 2.75) is 31.8 Å². The van der Waals surface area contributed by atoms with Crippen LogP contribution in [0, 0.1) is 0 Å². The smallest absolute Gasteiger partial charge is 0.249 e. The molecule has 0 saturated heterocycles. The number of carbonyl (C=O) groups excluding carboxylic acids is 1. The van der Waals surface area contributed by atoms with Crippen LogP contribution >= 0.6 is 0 Å². The van der Waals surface area contributed by atoms with E-state index < -0.39 is 0 Å². The summed E-state index contributed by atoms with van der Waals surface area (Å²) in [5.41, 5.74) is 4.06. The molecule has 0 radical (unpaired) electrons. The second-order valence-electron chi connectivity index (χ2n) is 4.99. The van der Waals surface area contributed by atoms with Gasteiger partial charge < -0.3 is 9.64 Å². The fraction of sp³-hybridized carbons (Fsp3) is 0.500. The van der Waals surface area contributed by atoms with Gasteiger partial charge in [-0.2, -0.15) is 0 Å². The van der Waals surface area contributed by atoms with Crippen LogP contribution in [0.25, 0.3) is 0 Å². The molecule has 0 unspecified atom stereocenters. The molecule has 3 nitrogen and oxygen atoms in total. The van der Waals surface area contributed by atoms with E-state index in [0.29, 0.717) is 0 Å². The predicted molar refractivity (Wildman–Crippen MR) is 64.5 cm³/mol. The molecule has 0 spiro atoms. The number of benzene rings is 1. The van der Waals surface area contributed by atoms with E-state index in [2.05, 4.69) is 18.2 Å². The van der Waals surface area contributed by atoms with Crippen LogP contribution in [0.15, 0.2) is 18.2 Å². The third-order valence-electron chi connectivity index (χ3n) is 3.62. The number of carbonyl (C=O) groups is 1. The number of ether oxygens (including phenoxy) is 1. The minimum absolute atomic E-state index is 0.0803. The average Bonchev–Trinajstić information content (AvgIpc) is 3.08. The van der Waals surface area contributed by atoms with Crippen molar-refractivity contribution in [3.05, 3.63) is 34.9 Å². The molecular formula is C14H17NO2. The van der Waals surface area contributed by atoms with Crippen molar-refractivity contribution in [2.24, 2.45) is 0 Å². The third-order valence-corrected chi connectivity index (χ3v) is 3.62. The molecule has 1 aromatic carbocycles. The van der Waals surface area contributed by atoms with Crippen LogP contribution in [0.5, 0.6) is 0 Å². The molecule has 1 aliphatic carbocycles. The van der Waals surface area contributed by atoms with E-state index in [4.69, 9.17) is 4.74 Å². The van der Waals surface area contributed by atoms with Crippen LogP contribution in [-0.2, 0) is 22.6 Å². The van der Waals surface area contributed by atoms with Gasteiger partial charge in [-0.05, 0) is 35.4 Å². The molecule has 1 saturated carbocycles. The lowest BCUT2D eigenvalue weighted by molar-refractivity contribution is -0.135. The number of rotatable bonds is 3. The van der Waals surface area contributed by atoms with Crippen molar-refractivity contribution in [3.63, 3.8) is 0 Å². The normalized spacial score (nSPS) is 18.3. The highest BCUT2D eigenvalue weighted by molar-refractivity contribution is 5.78. The molecule has 17 heavy (non-hydrogen) atoms. The highest BCUT2D eigenvalue weighted by Gasteiger charge is 2.27. The van der Waals surface area contributed by atoms with Crippen molar-refractivity contribution in [2.75, 3.05) is 13.7 Å². The Morgan fingerprint density at radius 2 is 2.12 bits per heavy atom. The molecule has 90 valence electrons. The topological polar surface area (TPSA) is 29.5 Å². The Hall–Kier alpha value is -1.35. The second kappa shape index (κ2) is 4.15. The quantitative estimate of drug-likeness (QED) is 0.796. The summed E-state index contributed by atoms with van der Waals surface area (Å²) in [5, 5.41) is 0. The maximum Gasteiger partial charge on any atom is 0.249 e. The monoisotopic (exact) mass is 231 g/mol. The Bertz CT molecular complexity index is 452. The molecule has 1 amide bonds. The number of amides is 1. The van der Waals surface area contributed by atoms with Crippen molar-refractivity contribution >= 4 is 5.91 Å². The summed E-state index contributed by atoms with van der Waals surface area (Å²) in [5.74, 6) is 0.862. The summed E-state index contributed by atoms with van der Waals surface area (Å²) in [6, 6.07) is 6.69. The maximum atomic E-state index is 11.7. The summed E-state index contributed by atoms with van der Waals surface area (Å²) in [6.45, 7) is 1.67. The Balaban J connectivity index is 1.76. The lowest BCUT2D eigenvalue weighted by Crippen LogP contribution is -2.28. The first kappa shape index (κ1) is 10.8. The summed E-state index contributed by atoms with van der Waals surface area (Å²) in [7, 11) is 1.56. The van der Waals surface area contributed by atoms with Crippen LogP contribution in [0.4, 0.5) is 0 Å². The highest BCUT2D eigenvalue weighted by atomic mass is 16.5. The standard InChI is InChI=1S/C14H17NO2/c1-17-9-14(16)15-7-12-5-4-11(10-2-3-10)6-13(12)8-15/h4-6,10H,2-3,7-9H2,1H3. The zero-order valence-electron chi connectivity index (χ0n) is 10.1. The van der Waals surface area contributed by atoms with Crippen molar-refractivity contribution in [1.29, 1.82) is 0 Å². The molecule has 0 aromatic heterocycles. The molecule has 1 heterocycles. The van der Waals surface area contributed by atoms with E-state index in [9.17, 15) is 4.79 Å². The van der Waals surface area contributed by atoms with Crippen molar-refractivity contribution in [3.8, 4) is 0 Å². The summed E-state index contributed by atoms with van der Waals surface area (Å²) in [4.78, 5) is 13.6. The summed E-state index contributed by atoms with van der Waals surface area (Å²) in [6.07, 6.45) is 2.65. The SMILES string of the molecule is COCC(=O)N1Cc2ccc(C3CC3)cc2C1.